The first-order valence-corrected chi connectivity index (χ1v) is 13.1. The zero-order valence-electron chi connectivity index (χ0n) is 17.2. The van der Waals surface area contributed by atoms with Gasteiger partial charge in [0.25, 0.3) is 0 Å². The van der Waals surface area contributed by atoms with Crippen molar-refractivity contribution in [3.63, 3.8) is 0 Å². The van der Waals surface area contributed by atoms with Crippen LogP contribution in [-0.2, 0) is 24.3 Å². The van der Waals surface area contributed by atoms with Crippen molar-refractivity contribution in [1.82, 2.24) is 4.90 Å². The Labute approximate surface area is 173 Å². The van der Waals surface area contributed by atoms with E-state index in [9.17, 15) is 8.42 Å². The molecule has 4 bridgehead atoms. The van der Waals surface area contributed by atoms with Crippen molar-refractivity contribution in [3.8, 4) is 0 Å². The summed E-state index contributed by atoms with van der Waals surface area (Å²) in [5.74, 6) is 1.73. The van der Waals surface area contributed by atoms with Crippen molar-refractivity contribution in [1.29, 1.82) is 0 Å². The Kier molecular flexibility index (Phi) is 4.20. The molecule has 0 N–H and O–H groups in total. The number of hydrogen-bond donors (Lipinski definition) is 0. The number of likely N-dealkylation sites (N-methyl/N-ethyl adjacent to an activating group) is 1. The summed E-state index contributed by atoms with van der Waals surface area (Å²) in [6, 6.07) is 0. The zero-order chi connectivity index (χ0) is 19.9. The molecule has 2 heterocycles. The van der Waals surface area contributed by atoms with E-state index in [2.05, 4.69) is 4.99 Å². The third kappa shape index (κ3) is 2.92. The predicted octanol–water partition coefficient (Wildman–Crippen LogP) is 2.72. The summed E-state index contributed by atoms with van der Waals surface area (Å²) >= 11 is 0. The van der Waals surface area contributed by atoms with Crippen LogP contribution in [-0.4, -0.2) is 55.9 Å². The Morgan fingerprint density at radius 3 is 2.28 bits per heavy atom. The molecule has 0 aromatic heterocycles. The first-order chi connectivity index (χ1) is 13.9. The van der Waals surface area contributed by atoms with Crippen LogP contribution in [0.3, 0.4) is 0 Å². The van der Waals surface area contributed by atoms with Gasteiger partial charge in [0, 0.05) is 38.3 Å². The number of sulfone groups is 1. The smallest absolute Gasteiger partial charge is 0.218 e. The highest BCUT2D eigenvalue weighted by molar-refractivity contribution is 8.06. The maximum Gasteiger partial charge on any atom is 0.218 e. The molecule has 2 spiro atoms. The van der Waals surface area contributed by atoms with Crippen LogP contribution in [0, 0.1) is 29.6 Å². The summed E-state index contributed by atoms with van der Waals surface area (Å²) in [5, 5.41) is 0.266. The average molecular weight is 425 g/mol. The lowest BCUT2D eigenvalue weighted by atomic mass is 9.53. The van der Waals surface area contributed by atoms with Gasteiger partial charge in [0.2, 0.25) is 26.6 Å². The summed E-state index contributed by atoms with van der Waals surface area (Å²) in [7, 11) is -1.51. The van der Waals surface area contributed by atoms with Gasteiger partial charge in [0.05, 0.1) is 12.3 Å². The quantitative estimate of drug-likeness (QED) is 0.635. The van der Waals surface area contributed by atoms with Gasteiger partial charge < -0.3 is 9.64 Å². The molecule has 5 saturated carbocycles. The van der Waals surface area contributed by atoms with Crippen molar-refractivity contribution in [2.24, 2.45) is 34.6 Å². The third-order valence-electron chi connectivity index (χ3n) is 8.55. The molecule has 5 aliphatic carbocycles. The van der Waals surface area contributed by atoms with Gasteiger partial charge in [0.15, 0.2) is 0 Å². The molecule has 1 saturated heterocycles. The van der Waals surface area contributed by atoms with Gasteiger partial charge in [-0.2, -0.15) is 9.78 Å². The lowest BCUT2D eigenvalue weighted by Crippen LogP contribution is -2.59. The molecule has 7 rings (SSSR count). The first-order valence-electron chi connectivity index (χ1n) is 11.4. The normalized spacial score (nSPS) is 48.8. The van der Waals surface area contributed by atoms with Gasteiger partial charge in [-0.15, -0.1) is 0 Å². The molecule has 0 amide bonds. The van der Waals surface area contributed by atoms with E-state index in [0.29, 0.717) is 37.8 Å². The minimum Gasteiger partial charge on any atom is -0.349 e. The second-order valence-electron chi connectivity index (χ2n) is 10.5. The monoisotopic (exact) mass is 424 g/mol. The Morgan fingerprint density at radius 2 is 1.69 bits per heavy atom. The maximum absolute atomic E-state index is 12.8. The lowest BCUT2D eigenvalue weighted by Gasteiger charge is -2.57. The largest absolute Gasteiger partial charge is 0.349 e. The van der Waals surface area contributed by atoms with Gasteiger partial charge in [0.1, 0.15) is 0 Å². The van der Waals surface area contributed by atoms with E-state index in [4.69, 9.17) is 14.5 Å². The van der Waals surface area contributed by atoms with Gasteiger partial charge in [-0.3, -0.25) is 4.99 Å². The molecule has 0 radical (unpaired) electrons. The minimum absolute atomic E-state index is 0.129. The summed E-state index contributed by atoms with van der Waals surface area (Å²) in [6.45, 7) is 1.26. The molecule has 0 aromatic carbocycles. The standard InChI is InChI=1S/C21H32N2O5S/c1-23-7-6-22-19(23)29(24,25)13-14-2-4-20(5-3-14)26-21(28-27-20)17-9-15-8-16(11-17)12-18(21)10-15/h14-18H,2-13H2,1H3. The molecule has 8 heteroatoms. The SMILES string of the molecule is CN1CCN=C1S(=O)(=O)CC1CCC2(CC1)OOC1(O2)C2CC3CC(C2)CC1C3. The average Bonchev–Trinajstić information content (AvgIpc) is 3.27. The van der Waals surface area contributed by atoms with Crippen LogP contribution in [0.5, 0.6) is 0 Å². The van der Waals surface area contributed by atoms with Crippen LogP contribution < -0.4 is 0 Å². The first kappa shape index (κ1) is 19.0. The minimum atomic E-state index is -3.32. The van der Waals surface area contributed by atoms with E-state index < -0.39 is 21.4 Å². The summed E-state index contributed by atoms with van der Waals surface area (Å²) in [6.07, 6.45) is 9.24. The fraction of sp³-hybridized carbons (Fsp3) is 0.952. The van der Waals surface area contributed by atoms with Crippen molar-refractivity contribution in [2.75, 3.05) is 25.9 Å². The van der Waals surface area contributed by atoms with Crippen molar-refractivity contribution >= 4 is 15.0 Å². The number of hydrogen-bond acceptors (Lipinski definition) is 7. The zero-order valence-corrected chi connectivity index (χ0v) is 18.0. The second kappa shape index (κ2) is 6.40. The molecule has 2 aliphatic heterocycles. The van der Waals surface area contributed by atoms with E-state index in [1.165, 1.54) is 32.1 Å². The molecular formula is C21H32N2O5S. The summed E-state index contributed by atoms with van der Waals surface area (Å²) in [4.78, 5) is 18.0. The highest BCUT2D eigenvalue weighted by Gasteiger charge is 2.66. The molecule has 7 aliphatic rings. The Bertz CT molecular complexity index is 789. The van der Waals surface area contributed by atoms with Crippen LogP contribution in [0.2, 0.25) is 0 Å². The van der Waals surface area contributed by atoms with Gasteiger partial charge in [-0.1, -0.05) is 0 Å². The predicted molar refractivity (Wildman–Crippen MR) is 106 cm³/mol. The van der Waals surface area contributed by atoms with Gasteiger partial charge in [-0.05, 0) is 62.7 Å². The van der Waals surface area contributed by atoms with Crippen LogP contribution in [0.15, 0.2) is 4.99 Å². The highest BCUT2D eigenvalue weighted by atomic mass is 32.2. The second-order valence-corrected chi connectivity index (χ2v) is 12.4. The fourth-order valence-electron chi connectivity index (χ4n) is 7.31. The van der Waals surface area contributed by atoms with Crippen LogP contribution in [0.1, 0.15) is 57.8 Å². The van der Waals surface area contributed by atoms with E-state index >= 15 is 0 Å². The molecule has 162 valence electrons. The Morgan fingerprint density at radius 1 is 1.03 bits per heavy atom. The maximum atomic E-state index is 12.8. The molecular weight excluding hydrogens is 392 g/mol. The van der Waals surface area contributed by atoms with Crippen molar-refractivity contribution in [2.45, 2.75) is 69.4 Å². The molecule has 7 nitrogen and oxygen atoms in total. The summed E-state index contributed by atoms with van der Waals surface area (Å²) in [5.41, 5.74) is 0. The highest BCUT2D eigenvalue weighted by Crippen LogP contribution is 2.63. The van der Waals surface area contributed by atoms with E-state index in [0.717, 1.165) is 24.7 Å². The van der Waals surface area contributed by atoms with Gasteiger partial charge in [-0.25, -0.2) is 8.42 Å². The topological polar surface area (TPSA) is 77.4 Å². The van der Waals surface area contributed by atoms with Crippen molar-refractivity contribution in [3.05, 3.63) is 0 Å². The van der Waals surface area contributed by atoms with Crippen LogP contribution in [0.4, 0.5) is 0 Å². The Hall–Kier alpha value is -0.700. The number of amidine groups is 1. The number of nitrogens with zero attached hydrogens (tertiary/aromatic N) is 2. The van der Waals surface area contributed by atoms with E-state index in [-0.39, 0.29) is 16.8 Å². The lowest BCUT2D eigenvalue weighted by molar-refractivity contribution is -0.390. The third-order valence-corrected chi connectivity index (χ3v) is 10.5. The molecule has 6 fully saturated rings. The van der Waals surface area contributed by atoms with Gasteiger partial charge >= 0.3 is 0 Å². The van der Waals surface area contributed by atoms with Crippen LogP contribution >= 0.6 is 0 Å². The van der Waals surface area contributed by atoms with Crippen LogP contribution in [0.25, 0.3) is 0 Å². The molecule has 0 unspecified atom stereocenters. The number of ether oxygens (including phenoxy) is 1. The van der Waals surface area contributed by atoms with E-state index in [1.807, 2.05) is 0 Å². The fourth-order valence-corrected chi connectivity index (χ4v) is 9.27. The van der Waals surface area contributed by atoms with E-state index in [1.54, 1.807) is 11.9 Å². The van der Waals surface area contributed by atoms with Crippen molar-refractivity contribution < 1.29 is 22.9 Å². The summed E-state index contributed by atoms with van der Waals surface area (Å²) < 4.78 is 32.3. The molecule has 0 atom stereocenters. The number of aliphatic imine (C=N–C) groups is 1. The molecule has 0 aromatic rings. The number of rotatable bonds is 2. The molecule has 29 heavy (non-hydrogen) atoms. The Balaban J connectivity index is 1.12.